The molecular formula is C20H23NO3. The quantitative estimate of drug-likeness (QED) is 0.744. The first-order chi connectivity index (χ1) is 11.5. The fraction of sp³-hybridized carbons (Fsp3) is 0.300. The van der Waals surface area contributed by atoms with Crippen LogP contribution in [0.4, 0.5) is 5.69 Å². The Kier molecular flexibility index (Phi) is 6.13. The van der Waals surface area contributed by atoms with Crippen LogP contribution in [0.5, 0.6) is 5.75 Å². The number of ether oxygens (including phenoxy) is 1. The smallest absolute Gasteiger partial charge is 0.344 e. The summed E-state index contributed by atoms with van der Waals surface area (Å²) in [6.07, 6.45) is 2.04. The average Bonchev–Trinajstić information content (AvgIpc) is 2.60. The predicted octanol–water partition coefficient (Wildman–Crippen LogP) is 4.80. The molecule has 0 aromatic heterocycles. The van der Waals surface area contributed by atoms with Crippen LogP contribution in [0.1, 0.15) is 44.2 Å². The highest BCUT2D eigenvalue weighted by atomic mass is 16.5. The van der Waals surface area contributed by atoms with Crippen molar-refractivity contribution >= 4 is 17.9 Å². The van der Waals surface area contributed by atoms with E-state index in [4.69, 9.17) is 9.84 Å². The maximum absolute atomic E-state index is 10.8. The summed E-state index contributed by atoms with van der Waals surface area (Å²) in [4.78, 5) is 15.2. The topological polar surface area (TPSA) is 58.9 Å². The summed E-state index contributed by atoms with van der Waals surface area (Å²) in [6, 6.07) is 15.5. The third-order valence-electron chi connectivity index (χ3n) is 3.98. The van der Waals surface area contributed by atoms with Gasteiger partial charge in [-0.15, -0.1) is 0 Å². The van der Waals surface area contributed by atoms with E-state index in [0.717, 1.165) is 17.7 Å². The van der Waals surface area contributed by atoms with Crippen LogP contribution >= 0.6 is 0 Å². The number of rotatable bonds is 7. The molecule has 0 spiro atoms. The molecule has 2 aromatic carbocycles. The molecule has 2 aromatic rings. The number of carbonyl (C=O) groups is 1. The molecule has 0 saturated heterocycles. The molecule has 0 heterocycles. The average molecular weight is 325 g/mol. The van der Waals surface area contributed by atoms with Crippen LogP contribution in [0.2, 0.25) is 0 Å². The minimum atomic E-state index is -0.985. The predicted molar refractivity (Wildman–Crippen MR) is 96.6 cm³/mol. The van der Waals surface area contributed by atoms with Crippen LogP contribution in [-0.4, -0.2) is 23.4 Å². The van der Waals surface area contributed by atoms with Crippen molar-refractivity contribution in [3.05, 3.63) is 59.7 Å². The lowest BCUT2D eigenvalue weighted by Gasteiger charge is -2.10. The van der Waals surface area contributed by atoms with Crippen LogP contribution in [0, 0.1) is 0 Å². The Hall–Kier alpha value is -2.62. The molecule has 0 radical (unpaired) electrons. The SMILES string of the molecule is CC[C@@H](C)c1ccc(N=Cc2ccc(O[C@@H](C)C(=O)O)cc2)cc1. The van der Waals surface area contributed by atoms with Gasteiger partial charge in [0.1, 0.15) is 5.75 Å². The first kappa shape index (κ1) is 17.7. The van der Waals surface area contributed by atoms with E-state index in [0.29, 0.717) is 11.7 Å². The van der Waals surface area contributed by atoms with Gasteiger partial charge in [0.05, 0.1) is 5.69 Å². The van der Waals surface area contributed by atoms with Gasteiger partial charge >= 0.3 is 5.97 Å². The molecule has 4 nitrogen and oxygen atoms in total. The van der Waals surface area contributed by atoms with Crippen molar-refractivity contribution in [1.82, 2.24) is 0 Å². The van der Waals surface area contributed by atoms with Crippen molar-refractivity contribution in [2.24, 2.45) is 4.99 Å². The Labute approximate surface area is 142 Å². The molecule has 1 N–H and O–H groups in total. The van der Waals surface area contributed by atoms with Gasteiger partial charge in [-0.2, -0.15) is 0 Å². The Bertz CT molecular complexity index is 690. The maximum Gasteiger partial charge on any atom is 0.344 e. The molecule has 0 saturated carbocycles. The van der Waals surface area contributed by atoms with Gasteiger partial charge in [-0.3, -0.25) is 4.99 Å². The van der Waals surface area contributed by atoms with Crippen molar-refractivity contribution < 1.29 is 14.6 Å². The van der Waals surface area contributed by atoms with Gasteiger partial charge in [0.2, 0.25) is 0 Å². The van der Waals surface area contributed by atoms with Gasteiger partial charge in [0.25, 0.3) is 0 Å². The molecule has 0 fully saturated rings. The van der Waals surface area contributed by atoms with Gasteiger partial charge in [0, 0.05) is 6.21 Å². The molecule has 0 amide bonds. The van der Waals surface area contributed by atoms with E-state index < -0.39 is 12.1 Å². The summed E-state index contributed by atoms with van der Waals surface area (Å²) in [7, 11) is 0. The number of aliphatic imine (C=N–C) groups is 1. The highest BCUT2D eigenvalue weighted by Crippen LogP contribution is 2.22. The molecule has 0 aliphatic carbocycles. The van der Waals surface area contributed by atoms with Crippen LogP contribution < -0.4 is 4.74 Å². The monoisotopic (exact) mass is 325 g/mol. The second-order valence-corrected chi connectivity index (χ2v) is 5.83. The lowest BCUT2D eigenvalue weighted by Crippen LogP contribution is -2.22. The first-order valence-electron chi connectivity index (χ1n) is 8.13. The van der Waals surface area contributed by atoms with Gasteiger partial charge in [-0.1, -0.05) is 26.0 Å². The molecule has 0 unspecified atom stereocenters. The number of aliphatic carboxylic acids is 1. The third kappa shape index (κ3) is 4.95. The van der Waals surface area contributed by atoms with Crippen LogP contribution in [0.15, 0.2) is 53.5 Å². The fourth-order valence-electron chi connectivity index (χ4n) is 2.16. The number of hydrogen-bond acceptors (Lipinski definition) is 3. The molecule has 2 rings (SSSR count). The molecule has 126 valence electrons. The first-order valence-corrected chi connectivity index (χ1v) is 8.13. The van der Waals surface area contributed by atoms with E-state index in [1.807, 2.05) is 24.3 Å². The summed E-state index contributed by atoms with van der Waals surface area (Å²) in [5.41, 5.74) is 3.16. The highest BCUT2D eigenvalue weighted by molar-refractivity contribution is 5.82. The number of benzene rings is 2. The zero-order chi connectivity index (χ0) is 17.5. The molecular weight excluding hydrogens is 302 g/mol. The Morgan fingerprint density at radius 1 is 1.12 bits per heavy atom. The van der Waals surface area contributed by atoms with E-state index in [1.54, 1.807) is 18.3 Å². The fourth-order valence-corrected chi connectivity index (χ4v) is 2.16. The number of nitrogens with zero attached hydrogens (tertiary/aromatic N) is 1. The van der Waals surface area contributed by atoms with Crippen LogP contribution in [0.25, 0.3) is 0 Å². The second-order valence-electron chi connectivity index (χ2n) is 5.83. The minimum Gasteiger partial charge on any atom is -0.479 e. The van der Waals surface area contributed by atoms with Crippen molar-refractivity contribution in [2.45, 2.75) is 39.2 Å². The van der Waals surface area contributed by atoms with Crippen molar-refractivity contribution in [3.8, 4) is 5.75 Å². The van der Waals surface area contributed by atoms with Crippen molar-refractivity contribution in [2.75, 3.05) is 0 Å². The normalized spacial score (nSPS) is 13.6. The van der Waals surface area contributed by atoms with E-state index in [1.165, 1.54) is 12.5 Å². The standard InChI is InChI=1S/C20H23NO3/c1-4-14(2)17-7-9-18(10-8-17)21-13-16-5-11-19(12-6-16)24-15(3)20(22)23/h5-15H,4H2,1-3H3,(H,22,23)/t14-,15+/m1/s1. The number of carboxylic acids is 1. The summed E-state index contributed by atoms with van der Waals surface area (Å²) >= 11 is 0. The van der Waals surface area contributed by atoms with E-state index >= 15 is 0 Å². The highest BCUT2D eigenvalue weighted by Gasteiger charge is 2.11. The summed E-state index contributed by atoms with van der Waals surface area (Å²) in [5.74, 6) is 0.102. The zero-order valence-corrected chi connectivity index (χ0v) is 14.3. The Morgan fingerprint density at radius 3 is 2.29 bits per heavy atom. The molecule has 4 heteroatoms. The minimum absolute atomic E-state index is 0.528. The summed E-state index contributed by atoms with van der Waals surface area (Å²) in [5, 5.41) is 8.83. The van der Waals surface area contributed by atoms with Gasteiger partial charge in [-0.05, 0) is 66.8 Å². The zero-order valence-electron chi connectivity index (χ0n) is 14.3. The van der Waals surface area contributed by atoms with E-state index in [-0.39, 0.29) is 0 Å². The lowest BCUT2D eigenvalue weighted by atomic mass is 9.99. The molecule has 24 heavy (non-hydrogen) atoms. The van der Waals surface area contributed by atoms with Crippen LogP contribution in [0.3, 0.4) is 0 Å². The molecule has 0 aliphatic heterocycles. The third-order valence-corrected chi connectivity index (χ3v) is 3.98. The number of hydrogen-bond donors (Lipinski definition) is 1. The van der Waals surface area contributed by atoms with Crippen molar-refractivity contribution in [3.63, 3.8) is 0 Å². The van der Waals surface area contributed by atoms with Gasteiger partial charge < -0.3 is 9.84 Å². The maximum atomic E-state index is 10.8. The second kappa shape index (κ2) is 8.29. The molecule has 0 aliphatic rings. The lowest BCUT2D eigenvalue weighted by molar-refractivity contribution is -0.144. The molecule has 2 atom stereocenters. The van der Waals surface area contributed by atoms with Gasteiger partial charge in [0.15, 0.2) is 6.10 Å². The van der Waals surface area contributed by atoms with Crippen LogP contribution in [-0.2, 0) is 4.79 Å². The van der Waals surface area contributed by atoms with E-state index in [2.05, 4.69) is 31.0 Å². The molecule has 0 bridgehead atoms. The Balaban J connectivity index is 2.00. The number of carboxylic acid groups (broad SMARTS) is 1. The van der Waals surface area contributed by atoms with Gasteiger partial charge in [-0.25, -0.2) is 4.79 Å². The summed E-state index contributed by atoms with van der Waals surface area (Å²) < 4.78 is 5.30. The Morgan fingerprint density at radius 2 is 1.75 bits per heavy atom. The van der Waals surface area contributed by atoms with E-state index in [9.17, 15) is 4.79 Å². The largest absolute Gasteiger partial charge is 0.479 e. The summed E-state index contributed by atoms with van der Waals surface area (Å²) in [6.45, 7) is 5.90. The van der Waals surface area contributed by atoms with Crippen molar-refractivity contribution in [1.29, 1.82) is 0 Å².